The van der Waals surface area contributed by atoms with E-state index in [9.17, 15) is 8.42 Å². The van der Waals surface area contributed by atoms with Gasteiger partial charge in [-0.1, -0.05) is 0 Å². The largest absolute Gasteiger partial charge is 0.378 e. The van der Waals surface area contributed by atoms with Crippen LogP contribution in [0.5, 0.6) is 0 Å². The predicted octanol–water partition coefficient (Wildman–Crippen LogP) is -0.440. The van der Waals surface area contributed by atoms with Crippen molar-refractivity contribution in [3.8, 4) is 0 Å². The van der Waals surface area contributed by atoms with Crippen LogP contribution in [-0.4, -0.2) is 45.1 Å². The van der Waals surface area contributed by atoms with Crippen molar-refractivity contribution in [3.63, 3.8) is 0 Å². The van der Waals surface area contributed by atoms with Crippen LogP contribution >= 0.6 is 0 Å². The molecule has 78 valence electrons. The van der Waals surface area contributed by atoms with E-state index in [1.807, 2.05) is 13.8 Å². The average molecular weight is 208 g/mol. The van der Waals surface area contributed by atoms with Gasteiger partial charge in [0.25, 0.3) is 10.2 Å². The lowest BCUT2D eigenvalue weighted by molar-refractivity contribution is 0.00589. The number of nitrogens with zero attached hydrogens (tertiary/aromatic N) is 1. The van der Waals surface area contributed by atoms with Crippen LogP contribution in [-0.2, 0) is 14.9 Å². The summed E-state index contributed by atoms with van der Waals surface area (Å²) in [5.41, 5.74) is 0. The van der Waals surface area contributed by atoms with Crippen LogP contribution in [0.1, 0.15) is 13.8 Å². The van der Waals surface area contributed by atoms with E-state index in [4.69, 9.17) is 4.74 Å². The first-order valence-electron chi connectivity index (χ1n) is 4.28. The molecule has 1 aliphatic rings. The lowest BCUT2D eigenvalue weighted by Gasteiger charge is -2.36. The molecule has 0 bridgehead atoms. The summed E-state index contributed by atoms with van der Waals surface area (Å²) < 4.78 is 32.1. The van der Waals surface area contributed by atoms with Gasteiger partial charge in [-0.15, -0.1) is 0 Å². The highest BCUT2D eigenvalue weighted by Crippen LogP contribution is 2.15. The van der Waals surface area contributed by atoms with E-state index in [0.717, 1.165) is 0 Å². The maximum absolute atomic E-state index is 11.5. The Morgan fingerprint density at radius 2 is 1.77 bits per heavy atom. The number of morpholine rings is 1. The van der Waals surface area contributed by atoms with E-state index >= 15 is 0 Å². The molecule has 1 heterocycles. The molecule has 2 unspecified atom stereocenters. The second-order valence-corrected chi connectivity index (χ2v) is 5.05. The third-order valence-corrected chi connectivity index (χ3v) is 3.91. The molecular formula is C7H16N2O3S. The topological polar surface area (TPSA) is 58.6 Å². The van der Waals surface area contributed by atoms with E-state index in [1.165, 1.54) is 11.4 Å². The van der Waals surface area contributed by atoms with Crippen LogP contribution in [0, 0.1) is 0 Å². The molecule has 0 radical (unpaired) electrons. The van der Waals surface area contributed by atoms with E-state index in [2.05, 4.69) is 4.72 Å². The first-order chi connectivity index (χ1) is 5.99. The number of ether oxygens (including phenoxy) is 1. The zero-order chi connectivity index (χ0) is 10.1. The Hall–Kier alpha value is -0.170. The lowest BCUT2D eigenvalue weighted by atomic mass is 10.2. The molecule has 5 nitrogen and oxygen atoms in total. The Labute approximate surface area is 79.2 Å². The van der Waals surface area contributed by atoms with Crippen LogP contribution in [0.15, 0.2) is 0 Å². The summed E-state index contributed by atoms with van der Waals surface area (Å²) in [5, 5.41) is 0. The van der Waals surface area contributed by atoms with Gasteiger partial charge in [0.2, 0.25) is 0 Å². The number of hydrogen-bond donors (Lipinski definition) is 1. The van der Waals surface area contributed by atoms with Gasteiger partial charge in [0, 0.05) is 19.1 Å². The van der Waals surface area contributed by atoms with Crippen molar-refractivity contribution in [2.75, 3.05) is 20.3 Å². The van der Waals surface area contributed by atoms with Gasteiger partial charge in [-0.2, -0.15) is 12.7 Å². The van der Waals surface area contributed by atoms with Gasteiger partial charge in [-0.3, -0.25) is 0 Å². The van der Waals surface area contributed by atoms with Gasteiger partial charge >= 0.3 is 0 Å². The van der Waals surface area contributed by atoms with Crippen LogP contribution in [0.25, 0.3) is 0 Å². The van der Waals surface area contributed by atoms with Crippen molar-refractivity contribution in [1.82, 2.24) is 9.03 Å². The molecule has 1 saturated heterocycles. The Morgan fingerprint density at radius 1 is 1.31 bits per heavy atom. The SMILES string of the molecule is CNS(=O)(=O)N1C(C)COCC1C. The van der Waals surface area contributed by atoms with Crippen LogP contribution in [0.4, 0.5) is 0 Å². The molecule has 1 fully saturated rings. The highest BCUT2D eigenvalue weighted by molar-refractivity contribution is 7.87. The first-order valence-corrected chi connectivity index (χ1v) is 5.73. The molecule has 6 heteroatoms. The van der Waals surface area contributed by atoms with E-state index in [-0.39, 0.29) is 12.1 Å². The molecule has 1 rings (SSSR count). The summed E-state index contributed by atoms with van der Waals surface area (Å²) in [5.74, 6) is 0. The van der Waals surface area contributed by atoms with Gasteiger partial charge in [-0.05, 0) is 13.8 Å². The molecule has 1 N–H and O–H groups in total. The minimum atomic E-state index is -3.32. The van der Waals surface area contributed by atoms with E-state index in [0.29, 0.717) is 13.2 Å². The van der Waals surface area contributed by atoms with Gasteiger partial charge < -0.3 is 4.74 Å². The number of nitrogens with one attached hydrogen (secondary N) is 1. The Balaban J connectivity index is 2.86. The summed E-state index contributed by atoms with van der Waals surface area (Å²) in [6.07, 6.45) is 0. The molecule has 0 aliphatic carbocycles. The molecule has 2 atom stereocenters. The van der Waals surface area contributed by atoms with Gasteiger partial charge in [0.15, 0.2) is 0 Å². The van der Waals surface area contributed by atoms with Crippen molar-refractivity contribution < 1.29 is 13.2 Å². The average Bonchev–Trinajstić information content (AvgIpc) is 2.03. The standard InChI is InChI=1S/C7H16N2O3S/c1-6-4-12-5-7(2)9(6)13(10,11)8-3/h6-8H,4-5H2,1-3H3. The Bertz CT molecular complexity index is 255. The molecule has 1 aliphatic heterocycles. The Kier molecular flexibility index (Phi) is 3.28. The lowest BCUT2D eigenvalue weighted by Crippen LogP contribution is -2.55. The maximum Gasteiger partial charge on any atom is 0.279 e. The highest BCUT2D eigenvalue weighted by Gasteiger charge is 2.34. The smallest absolute Gasteiger partial charge is 0.279 e. The zero-order valence-corrected chi connectivity index (χ0v) is 8.97. The van der Waals surface area contributed by atoms with Gasteiger partial charge in [0.1, 0.15) is 0 Å². The molecule has 0 spiro atoms. The molecule has 0 saturated carbocycles. The van der Waals surface area contributed by atoms with Crippen molar-refractivity contribution >= 4 is 10.2 Å². The summed E-state index contributed by atoms with van der Waals surface area (Å²) in [4.78, 5) is 0. The van der Waals surface area contributed by atoms with E-state index in [1.54, 1.807) is 0 Å². The van der Waals surface area contributed by atoms with Crippen LogP contribution in [0.3, 0.4) is 0 Å². The minimum absolute atomic E-state index is 0.0961. The van der Waals surface area contributed by atoms with Crippen LogP contribution < -0.4 is 4.72 Å². The fourth-order valence-corrected chi connectivity index (χ4v) is 2.85. The highest BCUT2D eigenvalue weighted by atomic mass is 32.2. The normalized spacial score (nSPS) is 31.9. The molecule has 0 amide bonds. The molecule has 13 heavy (non-hydrogen) atoms. The number of rotatable bonds is 2. The summed E-state index contributed by atoms with van der Waals surface area (Å²) in [7, 11) is -1.90. The first kappa shape index (κ1) is 10.9. The fraction of sp³-hybridized carbons (Fsp3) is 1.00. The van der Waals surface area contributed by atoms with Crippen molar-refractivity contribution in [2.45, 2.75) is 25.9 Å². The van der Waals surface area contributed by atoms with Crippen molar-refractivity contribution in [1.29, 1.82) is 0 Å². The second-order valence-electron chi connectivity index (χ2n) is 3.27. The predicted molar refractivity (Wildman–Crippen MR) is 49.6 cm³/mol. The maximum atomic E-state index is 11.5. The Morgan fingerprint density at radius 3 is 2.15 bits per heavy atom. The van der Waals surface area contributed by atoms with Gasteiger partial charge in [0.05, 0.1) is 13.2 Å². The quantitative estimate of drug-likeness (QED) is 0.669. The number of hydrogen-bond acceptors (Lipinski definition) is 3. The summed E-state index contributed by atoms with van der Waals surface area (Å²) in [6.45, 7) is 4.60. The second kappa shape index (κ2) is 3.91. The summed E-state index contributed by atoms with van der Waals surface area (Å²) >= 11 is 0. The molecule has 0 aromatic heterocycles. The zero-order valence-electron chi connectivity index (χ0n) is 8.15. The molecular weight excluding hydrogens is 192 g/mol. The van der Waals surface area contributed by atoms with E-state index < -0.39 is 10.2 Å². The van der Waals surface area contributed by atoms with Crippen molar-refractivity contribution in [3.05, 3.63) is 0 Å². The third-order valence-electron chi connectivity index (χ3n) is 2.12. The fourth-order valence-electron chi connectivity index (χ4n) is 1.57. The monoisotopic (exact) mass is 208 g/mol. The van der Waals surface area contributed by atoms with Crippen LogP contribution in [0.2, 0.25) is 0 Å². The van der Waals surface area contributed by atoms with Crippen molar-refractivity contribution in [2.24, 2.45) is 0 Å². The third kappa shape index (κ3) is 2.19. The summed E-state index contributed by atoms with van der Waals surface area (Å²) in [6, 6.07) is -0.192. The molecule has 0 aromatic carbocycles. The minimum Gasteiger partial charge on any atom is -0.378 e. The van der Waals surface area contributed by atoms with Gasteiger partial charge in [-0.25, -0.2) is 4.72 Å². The molecule has 0 aromatic rings.